The van der Waals surface area contributed by atoms with Crippen molar-refractivity contribution in [2.24, 2.45) is 0 Å². The maximum atomic E-state index is 12.6. The summed E-state index contributed by atoms with van der Waals surface area (Å²) < 4.78 is 27.6. The fraction of sp³-hybridized carbons (Fsp3) is 0.0952. The van der Waals surface area contributed by atoms with E-state index in [1.54, 1.807) is 30.6 Å². The Morgan fingerprint density at radius 3 is 2.55 bits per heavy atom. The Morgan fingerprint density at radius 1 is 1.14 bits per heavy atom. The molecule has 8 heteroatoms. The number of nitrogens with zero attached hydrogens (tertiary/aromatic N) is 2. The van der Waals surface area contributed by atoms with E-state index in [1.165, 1.54) is 30.3 Å². The molecule has 0 fully saturated rings. The van der Waals surface area contributed by atoms with Gasteiger partial charge < -0.3 is 5.32 Å². The van der Waals surface area contributed by atoms with Crippen LogP contribution in [0.2, 0.25) is 0 Å². The third-order valence-corrected chi connectivity index (χ3v) is 5.48. The Bertz CT molecular complexity index is 1170. The molecule has 1 amide bonds. The van der Waals surface area contributed by atoms with Crippen LogP contribution in [0.3, 0.4) is 0 Å². The Labute approximate surface area is 169 Å². The maximum absolute atomic E-state index is 12.6. The highest BCUT2D eigenvalue weighted by Crippen LogP contribution is 2.20. The fourth-order valence-electron chi connectivity index (χ4n) is 2.60. The molecule has 146 valence electrons. The number of hydrogen-bond donors (Lipinski definition) is 2. The molecule has 2 aromatic carbocycles. The van der Waals surface area contributed by atoms with Gasteiger partial charge >= 0.3 is 0 Å². The van der Waals surface area contributed by atoms with E-state index in [9.17, 15) is 18.5 Å². The molecule has 0 aliphatic carbocycles. The molecule has 1 heterocycles. The molecule has 0 unspecified atom stereocenters. The molecule has 0 saturated carbocycles. The molecule has 7 nitrogen and oxygen atoms in total. The van der Waals surface area contributed by atoms with E-state index >= 15 is 0 Å². The number of aryl methyl sites for hydroxylation is 1. The second kappa shape index (κ2) is 8.54. The van der Waals surface area contributed by atoms with Gasteiger partial charge in [-0.3, -0.25) is 14.5 Å². The first-order chi connectivity index (χ1) is 13.9. The molecular formula is C21H18N4O3S. The topological polar surface area (TPSA) is 112 Å². The second-order valence-corrected chi connectivity index (χ2v) is 8.06. The van der Waals surface area contributed by atoms with Crippen LogP contribution in [0.25, 0.3) is 0 Å². The van der Waals surface area contributed by atoms with E-state index in [2.05, 4.69) is 15.0 Å². The minimum Gasteiger partial charge on any atom is -0.348 e. The van der Waals surface area contributed by atoms with Gasteiger partial charge in [0.1, 0.15) is 0 Å². The first kappa shape index (κ1) is 20.0. The Hall–Kier alpha value is -3.70. The van der Waals surface area contributed by atoms with E-state index in [4.69, 9.17) is 0 Å². The van der Waals surface area contributed by atoms with Crippen LogP contribution >= 0.6 is 0 Å². The summed E-state index contributed by atoms with van der Waals surface area (Å²) in [5.41, 5.74) is 2.23. The molecule has 3 aromatic rings. The molecule has 0 aliphatic heterocycles. The molecule has 0 saturated heterocycles. The van der Waals surface area contributed by atoms with Gasteiger partial charge in [0.2, 0.25) is 0 Å². The third kappa shape index (κ3) is 5.18. The first-order valence-corrected chi connectivity index (χ1v) is 10.2. The van der Waals surface area contributed by atoms with Crippen LogP contribution in [0.1, 0.15) is 27.0 Å². The summed E-state index contributed by atoms with van der Waals surface area (Å²) in [6, 6.07) is 16.1. The lowest BCUT2D eigenvalue weighted by molar-refractivity contribution is 0.0951. The quantitative estimate of drug-likeness (QED) is 0.654. The number of carbonyl (C=O) groups excluding carboxylic acids is 1. The Balaban J connectivity index is 1.82. The number of benzene rings is 2. The van der Waals surface area contributed by atoms with Gasteiger partial charge in [-0.15, -0.1) is 0 Å². The van der Waals surface area contributed by atoms with Crippen LogP contribution in [0.15, 0.2) is 71.9 Å². The minimum absolute atomic E-state index is 0.0908. The zero-order valence-electron chi connectivity index (χ0n) is 15.6. The number of carbonyl (C=O) groups is 1. The third-order valence-electron chi connectivity index (χ3n) is 4.08. The van der Waals surface area contributed by atoms with Crippen molar-refractivity contribution in [3.05, 3.63) is 89.2 Å². The molecule has 29 heavy (non-hydrogen) atoms. The molecule has 1 aromatic heterocycles. The van der Waals surface area contributed by atoms with Crippen LogP contribution in [-0.4, -0.2) is 19.3 Å². The van der Waals surface area contributed by atoms with Gasteiger partial charge in [-0.1, -0.05) is 23.8 Å². The lowest BCUT2D eigenvalue weighted by Gasteiger charge is -2.11. The predicted octanol–water partition coefficient (Wildman–Crippen LogP) is 2.99. The summed E-state index contributed by atoms with van der Waals surface area (Å²) in [7, 11) is -3.85. The number of hydrogen-bond acceptors (Lipinski definition) is 5. The number of anilines is 1. The summed E-state index contributed by atoms with van der Waals surface area (Å²) in [4.78, 5) is 16.6. The molecule has 2 N–H and O–H groups in total. The van der Waals surface area contributed by atoms with Gasteiger partial charge in [-0.2, -0.15) is 5.26 Å². The van der Waals surface area contributed by atoms with Crippen molar-refractivity contribution in [3.63, 3.8) is 0 Å². The second-order valence-electron chi connectivity index (χ2n) is 6.37. The number of sulfonamides is 1. The van der Waals surface area contributed by atoms with Crippen molar-refractivity contribution in [2.75, 3.05) is 4.72 Å². The van der Waals surface area contributed by atoms with Crippen LogP contribution in [0.5, 0.6) is 0 Å². The van der Waals surface area contributed by atoms with Crippen molar-refractivity contribution in [1.82, 2.24) is 10.3 Å². The lowest BCUT2D eigenvalue weighted by atomic mass is 10.1. The van der Waals surface area contributed by atoms with Crippen molar-refractivity contribution in [2.45, 2.75) is 18.4 Å². The fourth-order valence-corrected chi connectivity index (χ4v) is 3.64. The molecule has 0 aliphatic rings. The van der Waals surface area contributed by atoms with Gasteiger partial charge in [-0.05, 0) is 48.9 Å². The normalized spacial score (nSPS) is 10.8. The number of rotatable bonds is 6. The number of nitrogens with one attached hydrogen (secondary N) is 2. The zero-order valence-corrected chi connectivity index (χ0v) is 16.4. The molecule has 0 atom stereocenters. The van der Waals surface area contributed by atoms with Crippen LogP contribution in [0.4, 0.5) is 5.69 Å². The first-order valence-electron chi connectivity index (χ1n) is 8.69. The SMILES string of the molecule is Cc1ccc(S(=O)(=O)Nc2cc(C#N)cc(C(=O)NCc3cccnc3)c2)cc1. The smallest absolute Gasteiger partial charge is 0.261 e. The maximum Gasteiger partial charge on any atom is 0.261 e. The van der Waals surface area contributed by atoms with E-state index in [1.807, 2.05) is 19.1 Å². The summed E-state index contributed by atoms with van der Waals surface area (Å²) in [6.45, 7) is 2.12. The average molecular weight is 406 g/mol. The molecule has 0 bridgehead atoms. The molecular weight excluding hydrogens is 388 g/mol. The number of nitriles is 1. The number of aromatic nitrogens is 1. The van der Waals surface area contributed by atoms with E-state index in [-0.39, 0.29) is 28.3 Å². The standard InChI is InChI=1S/C21H18N4O3S/c1-15-4-6-20(7-5-15)29(27,28)25-19-10-17(12-22)9-18(11-19)21(26)24-14-16-3-2-8-23-13-16/h2-11,13,25H,14H2,1H3,(H,24,26). The number of amides is 1. The summed E-state index contributed by atoms with van der Waals surface area (Å²) in [5, 5.41) is 12.0. The van der Waals surface area contributed by atoms with Crippen molar-refractivity contribution < 1.29 is 13.2 Å². The van der Waals surface area contributed by atoms with Crippen LogP contribution < -0.4 is 10.0 Å². The Kier molecular flexibility index (Phi) is 5.90. The monoisotopic (exact) mass is 406 g/mol. The largest absolute Gasteiger partial charge is 0.348 e. The van der Waals surface area contributed by atoms with E-state index in [0.29, 0.717) is 0 Å². The molecule has 3 rings (SSSR count). The van der Waals surface area contributed by atoms with Crippen LogP contribution in [0, 0.1) is 18.3 Å². The number of pyridine rings is 1. The van der Waals surface area contributed by atoms with Gasteiger partial charge in [0.25, 0.3) is 15.9 Å². The summed E-state index contributed by atoms with van der Waals surface area (Å²) in [5.74, 6) is -0.429. The minimum atomic E-state index is -3.85. The van der Waals surface area contributed by atoms with Crippen molar-refractivity contribution >= 4 is 21.6 Å². The van der Waals surface area contributed by atoms with E-state index in [0.717, 1.165) is 11.1 Å². The molecule has 0 spiro atoms. The average Bonchev–Trinajstić information content (AvgIpc) is 2.72. The Morgan fingerprint density at radius 2 is 1.90 bits per heavy atom. The highest BCUT2D eigenvalue weighted by Gasteiger charge is 2.16. The van der Waals surface area contributed by atoms with Crippen molar-refractivity contribution in [1.29, 1.82) is 5.26 Å². The van der Waals surface area contributed by atoms with Gasteiger partial charge in [0, 0.05) is 24.5 Å². The predicted molar refractivity (Wildman–Crippen MR) is 109 cm³/mol. The van der Waals surface area contributed by atoms with Gasteiger partial charge in [-0.25, -0.2) is 8.42 Å². The highest BCUT2D eigenvalue weighted by molar-refractivity contribution is 7.92. The molecule has 0 radical (unpaired) electrons. The van der Waals surface area contributed by atoms with Crippen LogP contribution in [-0.2, 0) is 16.6 Å². The lowest BCUT2D eigenvalue weighted by Crippen LogP contribution is -2.23. The van der Waals surface area contributed by atoms with Gasteiger partial charge in [0.05, 0.1) is 22.2 Å². The van der Waals surface area contributed by atoms with Gasteiger partial charge in [0.15, 0.2) is 0 Å². The van der Waals surface area contributed by atoms with Crippen molar-refractivity contribution in [3.8, 4) is 6.07 Å². The summed E-state index contributed by atoms with van der Waals surface area (Å²) >= 11 is 0. The highest BCUT2D eigenvalue weighted by atomic mass is 32.2. The van der Waals surface area contributed by atoms with E-state index < -0.39 is 15.9 Å². The zero-order chi connectivity index (χ0) is 20.9. The summed E-state index contributed by atoms with van der Waals surface area (Å²) in [6.07, 6.45) is 3.27.